The predicted octanol–water partition coefficient (Wildman–Crippen LogP) is 2.85. The summed E-state index contributed by atoms with van der Waals surface area (Å²) in [6, 6.07) is 12.6. The Bertz CT molecular complexity index is 451. The first-order valence-corrected chi connectivity index (χ1v) is 5.12. The van der Waals surface area contributed by atoms with E-state index < -0.39 is 0 Å². The van der Waals surface area contributed by atoms with E-state index in [2.05, 4.69) is 54.3 Å². The molecule has 2 rings (SSSR count). The van der Waals surface area contributed by atoms with Gasteiger partial charge < -0.3 is 5.32 Å². The highest BCUT2D eigenvalue weighted by Crippen LogP contribution is 2.24. The molecule has 14 heavy (non-hydrogen) atoms. The van der Waals surface area contributed by atoms with E-state index in [1.54, 1.807) is 0 Å². The van der Waals surface area contributed by atoms with Gasteiger partial charge in [0.05, 0.1) is 0 Å². The van der Waals surface area contributed by atoms with E-state index in [1.165, 1.54) is 16.3 Å². The van der Waals surface area contributed by atoms with Crippen LogP contribution in [-0.4, -0.2) is 7.05 Å². The fourth-order valence-corrected chi connectivity index (χ4v) is 1.96. The minimum Gasteiger partial charge on any atom is -0.316 e. The second-order valence-corrected chi connectivity index (χ2v) is 3.80. The third kappa shape index (κ3) is 1.63. The van der Waals surface area contributed by atoms with E-state index in [0.717, 1.165) is 11.4 Å². The number of hydrogen-bond donors (Lipinski definition) is 2. The molecule has 0 spiro atoms. The van der Waals surface area contributed by atoms with Crippen molar-refractivity contribution in [1.29, 1.82) is 0 Å². The second-order valence-electron chi connectivity index (χ2n) is 3.31. The summed E-state index contributed by atoms with van der Waals surface area (Å²) in [6.07, 6.45) is 0. The molecule has 0 saturated carbocycles. The molecule has 2 heteroatoms. The van der Waals surface area contributed by atoms with Gasteiger partial charge in [0, 0.05) is 11.4 Å². The van der Waals surface area contributed by atoms with E-state index in [0.29, 0.717) is 0 Å². The SMILES string of the molecule is CNCc1c(S)ccc2ccccc12. The van der Waals surface area contributed by atoms with Crippen LogP contribution in [0.25, 0.3) is 10.8 Å². The molecule has 0 aliphatic heterocycles. The topological polar surface area (TPSA) is 12.0 Å². The molecule has 2 aromatic rings. The first-order chi connectivity index (χ1) is 6.83. The lowest BCUT2D eigenvalue weighted by Gasteiger charge is -2.08. The Hall–Kier alpha value is -0.990. The summed E-state index contributed by atoms with van der Waals surface area (Å²) in [5.41, 5.74) is 1.27. The lowest BCUT2D eigenvalue weighted by molar-refractivity contribution is 0.810. The molecule has 0 atom stereocenters. The molecule has 0 aliphatic carbocycles. The summed E-state index contributed by atoms with van der Waals surface area (Å²) >= 11 is 4.47. The maximum Gasteiger partial charge on any atom is 0.0219 e. The van der Waals surface area contributed by atoms with Crippen molar-refractivity contribution in [3.8, 4) is 0 Å². The van der Waals surface area contributed by atoms with E-state index in [9.17, 15) is 0 Å². The Morgan fingerprint density at radius 2 is 1.93 bits per heavy atom. The van der Waals surface area contributed by atoms with E-state index in [4.69, 9.17) is 0 Å². The molecule has 1 N–H and O–H groups in total. The van der Waals surface area contributed by atoms with Crippen molar-refractivity contribution >= 4 is 23.4 Å². The number of hydrogen-bond acceptors (Lipinski definition) is 2. The van der Waals surface area contributed by atoms with Crippen molar-refractivity contribution in [2.75, 3.05) is 7.05 Å². The van der Waals surface area contributed by atoms with Crippen molar-refractivity contribution in [2.24, 2.45) is 0 Å². The van der Waals surface area contributed by atoms with Crippen molar-refractivity contribution in [2.45, 2.75) is 11.4 Å². The van der Waals surface area contributed by atoms with Gasteiger partial charge in [0.1, 0.15) is 0 Å². The highest BCUT2D eigenvalue weighted by atomic mass is 32.1. The smallest absolute Gasteiger partial charge is 0.0219 e. The molecule has 0 aromatic heterocycles. The van der Waals surface area contributed by atoms with Crippen LogP contribution in [-0.2, 0) is 6.54 Å². The maximum absolute atomic E-state index is 4.47. The van der Waals surface area contributed by atoms with Gasteiger partial charge in [0.25, 0.3) is 0 Å². The molecular weight excluding hydrogens is 190 g/mol. The van der Waals surface area contributed by atoms with E-state index >= 15 is 0 Å². The van der Waals surface area contributed by atoms with Crippen molar-refractivity contribution in [1.82, 2.24) is 5.32 Å². The Labute approximate surface area is 89.5 Å². The normalized spacial score (nSPS) is 10.7. The van der Waals surface area contributed by atoms with Gasteiger partial charge in [0.15, 0.2) is 0 Å². The molecule has 0 amide bonds. The fraction of sp³-hybridized carbons (Fsp3) is 0.167. The lowest BCUT2D eigenvalue weighted by Crippen LogP contribution is -2.06. The zero-order valence-electron chi connectivity index (χ0n) is 8.12. The number of fused-ring (bicyclic) bond motifs is 1. The van der Waals surface area contributed by atoms with Crippen LogP contribution in [0.15, 0.2) is 41.3 Å². The average molecular weight is 203 g/mol. The molecule has 72 valence electrons. The predicted molar refractivity (Wildman–Crippen MR) is 64.0 cm³/mol. The van der Waals surface area contributed by atoms with Crippen molar-refractivity contribution in [3.63, 3.8) is 0 Å². The monoisotopic (exact) mass is 203 g/mol. The lowest BCUT2D eigenvalue weighted by atomic mass is 10.0. The van der Waals surface area contributed by atoms with Gasteiger partial charge in [-0.15, -0.1) is 12.6 Å². The average Bonchev–Trinajstić information content (AvgIpc) is 2.23. The summed E-state index contributed by atoms with van der Waals surface area (Å²) in [6.45, 7) is 0.861. The first kappa shape index (κ1) is 9.56. The Kier molecular flexibility index (Phi) is 2.75. The Morgan fingerprint density at radius 1 is 1.14 bits per heavy atom. The zero-order chi connectivity index (χ0) is 9.97. The summed E-state index contributed by atoms with van der Waals surface area (Å²) in [4.78, 5) is 1.05. The summed E-state index contributed by atoms with van der Waals surface area (Å²) < 4.78 is 0. The second kappa shape index (κ2) is 4.03. The third-order valence-corrected chi connectivity index (χ3v) is 2.79. The zero-order valence-corrected chi connectivity index (χ0v) is 9.01. The van der Waals surface area contributed by atoms with Crippen LogP contribution >= 0.6 is 12.6 Å². The standard InChI is InChI=1S/C12H13NS/c1-13-8-11-10-5-3-2-4-9(10)6-7-12(11)14/h2-7,13-14H,8H2,1H3. The van der Waals surface area contributed by atoms with Crippen LogP contribution in [0.2, 0.25) is 0 Å². The first-order valence-electron chi connectivity index (χ1n) is 4.67. The van der Waals surface area contributed by atoms with Crippen molar-refractivity contribution in [3.05, 3.63) is 42.0 Å². The van der Waals surface area contributed by atoms with Gasteiger partial charge in [-0.2, -0.15) is 0 Å². The molecule has 1 nitrogen and oxygen atoms in total. The molecule has 0 unspecified atom stereocenters. The van der Waals surface area contributed by atoms with Crippen LogP contribution in [0.4, 0.5) is 0 Å². The summed E-state index contributed by atoms with van der Waals surface area (Å²) in [5.74, 6) is 0. The number of rotatable bonds is 2. The van der Waals surface area contributed by atoms with Crippen LogP contribution < -0.4 is 5.32 Å². The molecule has 2 aromatic carbocycles. The third-order valence-electron chi connectivity index (χ3n) is 2.37. The molecule has 0 radical (unpaired) electrons. The van der Waals surface area contributed by atoms with Gasteiger partial charge in [0.2, 0.25) is 0 Å². The molecule has 0 bridgehead atoms. The molecular formula is C12H13NS. The van der Waals surface area contributed by atoms with Gasteiger partial charge in [-0.05, 0) is 29.4 Å². The largest absolute Gasteiger partial charge is 0.316 e. The van der Waals surface area contributed by atoms with Crippen LogP contribution in [0.3, 0.4) is 0 Å². The minimum absolute atomic E-state index is 0.861. The maximum atomic E-state index is 4.47. The summed E-state index contributed by atoms with van der Waals surface area (Å²) in [7, 11) is 1.95. The van der Waals surface area contributed by atoms with Crippen LogP contribution in [0.1, 0.15) is 5.56 Å². The van der Waals surface area contributed by atoms with Crippen LogP contribution in [0, 0.1) is 0 Å². The molecule has 0 saturated heterocycles. The van der Waals surface area contributed by atoms with Gasteiger partial charge >= 0.3 is 0 Å². The van der Waals surface area contributed by atoms with Gasteiger partial charge in [-0.1, -0.05) is 30.3 Å². The fourth-order valence-electron chi connectivity index (χ4n) is 1.69. The Balaban J connectivity index is 2.69. The molecule has 0 fully saturated rings. The number of thiol groups is 1. The van der Waals surface area contributed by atoms with Gasteiger partial charge in [-0.3, -0.25) is 0 Å². The minimum atomic E-state index is 0.861. The summed E-state index contributed by atoms with van der Waals surface area (Å²) in [5, 5.41) is 5.73. The van der Waals surface area contributed by atoms with Crippen molar-refractivity contribution < 1.29 is 0 Å². The molecule has 0 heterocycles. The quantitative estimate of drug-likeness (QED) is 0.715. The number of benzene rings is 2. The number of nitrogens with one attached hydrogen (secondary N) is 1. The van der Waals surface area contributed by atoms with E-state index in [1.807, 2.05) is 7.05 Å². The van der Waals surface area contributed by atoms with Crippen LogP contribution in [0.5, 0.6) is 0 Å². The highest BCUT2D eigenvalue weighted by Gasteiger charge is 2.02. The molecule has 0 aliphatic rings. The van der Waals surface area contributed by atoms with E-state index in [-0.39, 0.29) is 0 Å². The Morgan fingerprint density at radius 3 is 2.71 bits per heavy atom. The highest BCUT2D eigenvalue weighted by molar-refractivity contribution is 7.80. The van der Waals surface area contributed by atoms with Gasteiger partial charge in [-0.25, -0.2) is 0 Å².